The van der Waals surface area contributed by atoms with E-state index in [0.29, 0.717) is 12.1 Å². The summed E-state index contributed by atoms with van der Waals surface area (Å²) in [6.45, 7) is 6.21. The van der Waals surface area contributed by atoms with Crippen LogP contribution in [0.15, 0.2) is 17.5 Å². The Morgan fingerprint density at radius 2 is 1.95 bits per heavy atom. The number of nitrogens with one attached hydrogen (secondary N) is 1. The average molecular weight is 307 g/mol. The van der Waals surface area contributed by atoms with Crippen LogP contribution in [0.25, 0.3) is 0 Å². The van der Waals surface area contributed by atoms with Crippen LogP contribution in [0.1, 0.15) is 62.8 Å². The van der Waals surface area contributed by atoms with Gasteiger partial charge in [-0.1, -0.05) is 25.3 Å². The molecule has 0 spiro atoms. The number of thiophene rings is 1. The molecule has 1 saturated carbocycles. The average Bonchev–Trinajstić information content (AvgIpc) is 3.19. The van der Waals surface area contributed by atoms with E-state index in [0.717, 1.165) is 5.92 Å². The number of rotatable bonds is 6. The molecule has 21 heavy (non-hydrogen) atoms. The van der Waals surface area contributed by atoms with Gasteiger partial charge in [-0.2, -0.15) is 0 Å². The first-order valence-corrected chi connectivity index (χ1v) is 9.72. The van der Waals surface area contributed by atoms with Gasteiger partial charge in [0.25, 0.3) is 0 Å². The Labute approximate surface area is 133 Å². The van der Waals surface area contributed by atoms with Crippen LogP contribution in [0.5, 0.6) is 0 Å². The second-order valence-corrected chi connectivity index (χ2v) is 7.95. The normalized spacial score (nSPS) is 24.2. The fourth-order valence-electron chi connectivity index (χ4n) is 4.10. The van der Waals surface area contributed by atoms with Crippen molar-refractivity contribution in [2.45, 2.75) is 64.0 Å². The summed E-state index contributed by atoms with van der Waals surface area (Å²) in [5.74, 6) is 0.854. The zero-order chi connectivity index (χ0) is 14.5. The van der Waals surface area contributed by atoms with E-state index >= 15 is 0 Å². The van der Waals surface area contributed by atoms with E-state index in [-0.39, 0.29) is 0 Å². The summed E-state index contributed by atoms with van der Waals surface area (Å²) in [4.78, 5) is 4.20. The lowest BCUT2D eigenvalue weighted by molar-refractivity contribution is 0.197. The second kappa shape index (κ2) is 7.75. The number of hydrogen-bond acceptors (Lipinski definition) is 3. The molecule has 1 saturated heterocycles. The molecular formula is C18H30N2S. The Bertz CT molecular complexity index is 391. The summed E-state index contributed by atoms with van der Waals surface area (Å²) in [7, 11) is 0. The maximum atomic E-state index is 3.98. The highest BCUT2D eigenvalue weighted by molar-refractivity contribution is 7.10. The van der Waals surface area contributed by atoms with E-state index in [1.165, 1.54) is 64.6 Å². The molecule has 0 radical (unpaired) electrons. The van der Waals surface area contributed by atoms with Gasteiger partial charge in [-0.3, -0.25) is 0 Å². The molecule has 1 aliphatic carbocycles. The van der Waals surface area contributed by atoms with E-state index in [4.69, 9.17) is 0 Å². The van der Waals surface area contributed by atoms with E-state index in [1.54, 1.807) is 4.88 Å². The van der Waals surface area contributed by atoms with Gasteiger partial charge in [0.1, 0.15) is 0 Å². The molecule has 2 aliphatic rings. The minimum Gasteiger partial charge on any atom is -0.305 e. The van der Waals surface area contributed by atoms with Crippen molar-refractivity contribution in [2.24, 2.45) is 5.92 Å². The van der Waals surface area contributed by atoms with Crippen LogP contribution < -0.4 is 5.32 Å². The molecule has 1 aromatic rings. The molecular weight excluding hydrogens is 276 g/mol. The molecule has 2 nitrogen and oxygen atoms in total. The van der Waals surface area contributed by atoms with Crippen LogP contribution in [0, 0.1) is 5.92 Å². The summed E-state index contributed by atoms with van der Waals surface area (Å²) in [6, 6.07) is 5.72. The summed E-state index contributed by atoms with van der Waals surface area (Å²) in [5.41, 5.74) is 0. The first-order valence-electron chi connectivity index (χ1n) is 8.85. The van der Waals surface area contributed by atoms with E-state index < -0.39 is 0 Å². The highest BCUT2D eigenvalue weighted by Crippen LogP contribution is 2.37. The molecule has 2 atom stereocenters. The van der Waals surface area contributed by atoms with Crippen molar-refractivity contribution in [3.05, 3.63) is 22.4 Å². The first-order chi connectivity index (χ1) is 10.3. The van der Waals surface area contributed by atoms with Crippen LogP contribution in [-0.2, 0) is 0 Å². The smallest absolute Gasteiger partial charge is 0.0445 e. The third kappa shape index (κ3) is 4.30. The topological polar surface area (TPSA) is 15.3 Å². The molecule has 2 heterocycles. The van der Waals surface area contributed by atoms with Crippen molar-refractivity contribution in [1.82, 2.24) is 10.2 Å². The maximum absolute atomic E-state index is 3.98. The molecule has 118 valence electrons. The number of hydrogen-bond donors (Lipinski definition) is 1. The van der Waals surface area contributed by atoms with Crippen LogP contribution in [-0.4, -0.2) is 30.6 Å². The summed E-state index contributed by atoms with van der Waals surface area (Å²) >= 11 is 1.93. The van der Waals surface area contributed by atoms with Gasteiger partial charge in [-0.25, -0.2) is 0 Å². The lowest BCUT2D eigenvalue weighted by Crippen LogP contribution is -2.43. The van der Waals surface area contributed by atoms with Crippen molar-refractivity contribution in [3.63, 3.8) is 0 Å². The fourth-order valence-corrected chi connectivity index (χ4v) is 4.98. The minimum absolute atomic E-state index is 0.590. The van der Waals surface area contributed by atoms with Gasteiger partial charge in [0.05, 0.1) is 0 Å². The van der Waals surface area contributed by atoms with Crippen LogP contribution >= 0.6 is 11.3 Å². The second-order valence-electron chi connectivity index (χ2n) is 6.97. The summed E-state index contributed by atoms with van der Waals surface area (Å²) in [5, 5.41) is 6.21. The molecule has 0 aromatic carbocycles. The summed E-state index contributed by atoms with van der Waals surface area (Å²) in [6.07, 6.45) is 9.88. The Hall–Kier alpha value is -0.380. The Balaban J connectivity index is 1.58. The highest BCUT2D eigenvalue weighted by atomic mass is 32.1. The first kappa shape index (κ1) is 15.5. The van der Waals surface area contributed by atoms with Gasteiger partial charge in [-0.05, 0) is 63.1 Å². The van der Waals surface area contributed by atoms with Crippen molar-refractivity contribution in [2.75, 3.05) is 19.6 Å². The molecule has 1 N–H and O–H groups in total. The zero-order valence-corrected chi connectivity index (χ0v) is 14.2. The minimum atomic E-state index is 0.590. The molecule has 0 amide bonds. The van der Waals surface area contributed by atoms with Gasteiger partial charge in [0.2, 0.25) is 0 Å². The highest BCUT2D eigenvalue weighted by Gasteiger charge is 2.28. The molecule has 0 bridgehead atoms. The molecule has 2 fully saturated rings. The number of nitrogens with zero attached hydrogens (tertiary/aromatic N) is 1. The van der Waals surface area contributed by atoms with E-state index in [9.17, 15) is 0 Å². The van der Waals surface area contributed by atoms with Gasteiger partial charge in [0, 0.05) is 23.5 Å². The third-order valence-corrected chi connectivity index (χ3v) is 6.12. The number of likely N-dealkylation sites (tertiary alicyclic amines) is 1. The predicted octanol–water partition coefficient (Wildman–Crippen LogP) is 4.44. The molecule has 2 unspecified atom stereocenters. The SMILES string of the molecule is CC(CN1CCCCC1)NC(c1cccs1)C1CCCC1. The molecule has 1 aromatic heterocycles. The van der Waals surface area contributed by atoms with Crippen molar-refractivity contribution < 1.29 is 0 Å². The van der Waals surface area contributed by atoms with E-state index in [1.807, 2.05) is 11.3 Å². The Morgan fingerprint density at radius 1 is 1.19 bits per heavy atom. The lowest BCUT2D eigenvalue weighted by atomic mass is 9.96. The fraction of sp³-hybridized carbons (Fsp3) is 0.778. The zero-order valence-electron chi connectivity index (χ0n) is 13.4. The third-order valence-electron chi connectivity index (χ3n) is 5.17. The van der Waals surface area contributed by atoms with Crippen LogP contribution in [0.2, 0.25) is 0 Å². The monoisotopic (exact) mass is 306 g/mol. The Morgan fingerprint density at radius 3 is 2.62 bits per heavy atom. The lowest BCUT2D eigenvalue weighted by Gasteiger charge is -2.33. The molecule has 1 aliphatic heterocycles. The predicted molar refractivity (Wildman–Crippen MR) is 91.9 cm³/mol. The van der Waals surface area contributed by atoms with Gasteiger partial charge in [0.15, 0.2) is 0 Å². The van der Waals surface area contributed by atoms with Crippen LogP contribution in [0.3, 0.4) is 0 Å². The Kier molecular flexibility index (Phi) is 5.73. The maximum Gasteiger partial charge on any atom is 0.0445 e. The molecule has 3 heteroatoms. The van der Waals surface area contributed by atoms with Crippen molar-refractivity contribution in [3.8, 4) is 0 Å². The molecule has 3 rings (SSSR count). The van der Waals surface area contributed by atoms with Crippen molar-refractivity contribution in [1.29, 1.82) is 0 Å². The van der Waals surface area contributed by atoms with E-state index in [2.05, 4.69) is 34.7 Å². The summed E-state index contributed by atoms with van der Waals surface area (Å²) < 4.78 is 0. The number of piperidine rings is 1. The van der Waals surface area contributed by atoms with Gasteiger partial charge in [-0.15, -0.1) is 11.3 Å². The van der Waals surface area contributed by atoms with Gasteiger partial charge < -0.3 is 10.2 Å². The standard InChI is InChI=1S/C18H30N2S/c1-15(14-20-11-5-2-6-12-20)19-18(16-8-3-4-9-16)17-10-7-13-21-17/h7,10,13,15-16,18-19H,2-6,8-9,11-12,14H2,1H3. The quantitative estimate of drug-likeness (QED) is 0.835. The van der Waals surface area contributed by atoms with Crippen LogP contribution in [0.4, 0.5) is 0 Å². The van der Waals surface area contributed by atoms with Crippen molar-refractivity contribution >= 4 is 11.3 Å². The van der Waals surface area contributed by atoms with Gasteiger partial charge >= 0.3 is 0 Å². The largest absolute Gasteiger partial charge is 0.305 e.